The van der Waals surface area contributed by atoms with Crippen LogP contribution in [0.2, 0.25) is 0 Å². The summed E-state index contributed by atoms with van der Waals surface area (Å²) in [5, 5.41) is 0. The molecule has 0 atom stereocenters. The summed E-state index contributed by atoms with van der Waals surface area (Å²) in [5.41, 5.74) is -0.487. The van der Waals surface area contributed by atoms with Gasteiger partial charge in [-0.25, -0.2) is 13.1 Å². The lowest BCUT2D eigenvalue weighted by atomic mass is 10.1. The highest BCUT2D eigenvalue weighted by atomic mass is 32.2. The van der Waals surface area contributed by atoms with Crippen LogP contribution in [-0.4, -0.2) is 21.1 Å². The van der Waals surface area contributed by atoms with E-state index in [1.165, 1.54) is 19.2 Å². The van der Waals surface area contributed by atoms with Gasteiger partial charge in [0.15, 0.2) is 0 Å². The van der Waals surface area contributed by atoms with Crippen molar-refractivity contribution in [1.82, 2.24) is 4.72 Å². The third-order valence-electron chi connectivity index (χ3n) is 1.81. The minimum Gasteiger partial charge on any atom is -0.497 e. The monoisotopic (exact) mass is 243 g/mol. The fourth-order valence-electron chi connectivity index (χ4n) is 1.22. The molecule has 0 fully saturated rings. The predicted molar refractivity (Wildman–Crippen MR) is 63.1 cm³/mol. The van der Waals surface area contributed by atoms with Crippen molar-refractivity contribution in [2.24, 2.45) is 0 Å². The molecule has 1 rings (SSSR count). The fraction of sp³-hybridized carbons (Fsp3) is 0.455. The topological polar surface area (TPSA) is 55.4 Å². The van der Waals surface area contributed by atoms with Gasteiger partial charge in [0.1, 0.15) is 5.75 Å². The van der Waals surface area contributed by atoms with Gasteiger partial charge in [-0.05, 0) is 45.0 Å². The second-order valence-corrected chi connectivity index (χ2v) is 6.21. The van der Waals surface area contributed by atoms with E-state index in [9.17, 15) is 8.42 Å². The summed E-state index contributed by atoms with van der Waals surface area (Å²) in [6, 6.07) is 6.29. The fourth-order valence-corrected chi connectivity index (χ4v) is 2.64. The van der Waals surface area contributed by atoms with Gasteiger partial charge in [-0.2, -0.15) is 0 Å². The van der Waals surface area contributed by atoms with Gasteiger partial charge in [-0.3, -0.25) is 0 Å². The number of ether oxygens (including phenoxy) is 1. The molecule has 0 radical (unpaired) electrons. The lowest BCUT2D eigenvalue weighted by Gasteiger charge is -2.20. The van der Waals surface area contributed by atoms with Crippen LogP contribution < -0.4 is 9.46 Å². The standard InChI is InChI=1S/C11H17NO3S/c1-11(2,3)12-16(13,14)10-7-5-9(15-4)6-8-10/h5-8,12H,1-4H3. The van der Waals surface area contributed by atoms with Crippen LogP contribution in [0, 0.1) is 0 Å². The van der Waals surface area contributed by atoms with Gasteiger partial charge in [-0.1, -0.05) is 0 Å². The maximum absolute atomic E-state index is 11.9. The Balaban J connectivity index is 2.99. The molecule has 1 aromatic rings. The first-order valence-electron chi connectivity index (χ1n) is 4.93. The Morgan fingerprint density at radius 1 is 1.12 bits per heavy atom. The van der Waals surface area contributed by atoms with Crippen LogP contribution in [0.3, 0.4) is 0 Å². The van der Waals surface area contributed by atoms with Crippen molar-refractivity contribution in [1.29, 1.82) is 0 Å². The smallest absolute Gasteiger partial charge is 0.241 e. The molecule has 0 heterocycles. The van der Waals surface area contributed by atoms with Crippen LogP contribution in [-0.2, 0) is 10.0 Å². The molecule has 0 aromatic heterocycles. The summed E-state index contributed by atoms with van der Waals surface area (Å²) in [5.74, 6) is 0.634. The molecule has 0 saturated heterocycles. The average Bonchev–Trinajstić information content (AvgIpc) is 2.14. The minimum atomic E-state index is -3.45. The van der Waals surface area contributed by atoms with E-state index in [1.54, 1.807) is 32.9 Å². The largest absolute Gasteiger partial charge is 0.497 e. The van der Waals surface area contributed by atoms with Crippen molar-refractivity contribution in [3.8, 4) is 5.75 Å². The van der Waals surface area contributed by atoms with Crippen molar-refractivity contribution in [3.63, 3.8) is 0 Å². The van der Waals surface area contributed by atoms with Crippen molar-refractivity contribution in [2.45, 2.75) is 31.2 Å². The van der Waals surface area contributed by atoms with E-state index in [4.69, 9.17) is 4.74 Å². The first-order chi connectivity index (χ1) is 7.24. The molecular weight excluding hydrogens is 226 g/mol. The molecule has 0 amide bonds. The maximum Gasteiger partial charge on any atom is 0.241 e. The molecule has 1 N–H and O–H groups in total. The Morgan fingerprint density at radius 2 is 1.62 bits per heavy atom. The highest BCUT2D eigenvalue weighted by Gasteiger charge is 2.21. The second kappa shape index (κ2) is 4.43. The van der Waals surface area contributed by atoms with E-state index in [0.29, 0.717) is 5.75 Å². The molecule has 16 heavy (non-hydrogen) atoms. The van der Waals surface area contributed by atoms with Gasteiger partial charge in [-0.15, -0.1) is 0 Å². The second-order valence-electron chi connectivity index (χ2n) is 4.53. The molecule has 90 valence electrons. The number of nitrogens with one attached hydrogen (secondary N) is 1. The van der Waals surface area contributed by atoms with Gasteiger partial charge in [0.25, 0.3) is 0 Å². The summed E-state index contributed by atoms with van der Waals surface area (Å²) in [6.45, 7) is 5.40. The van der Waals surface area contributed by atoms with Crippen LogP contribution in [0.25, 0.3) is 0 Å². The first kappa shape index (κ1) is 13.0. The molecule has 0 spiro atoms. The van der Waals surface area contributed by atoms with Gasteiger partial charge >= 0.3 is 0 Å². The zero-order valence-electron chi connectivity index (χ0n) is 9.94. The van der Waals surface area contributed by atoms with Crippen LogP contribution in [0.15, 0.2) is 29.2 Å². The SMILES string of the molecule is COc1ccc(S(=O)(=O)NC(C)(C)C)cc1. The van der Waals surface area contributed by atoms with E-state index in [2.05, 4.69) is 4.72 Å². The molecule has 0 aliphatic heterocycles. The molecule has 0 saturated carbocycles. The molecular formula is C11H17NO3S. The molecule has 5 heteroatoms. The van der Waals surface area contributed by atoms with E-state index in [0.717, 1.165) is 0 Å². The van der Waals surface area contributed by atoms with Crippen LogP contribution >= 0.6 is 0 Å². The number of hydrogen-bond acceptors (Lipinski definition) is 3. The number of methoxy groups -OCH3 is 1. The highest BCUT2D eigenvalue weighted by Crippen LogP contribution is 2.16. The molecule has 0 bridgehead atoms. The Hall–Kier alpha value is -1.07. The van der Waals surface area contributed by atoms with Crippen LogP contribution in [0.4, 0.5) is 0 Å². The lowest BCUT2D eigenvalue weighted by Crippen LogP contribution is -2.40. The highest BCUT2D eigenvalue weighted by molar-refractivity contribution is 7.89. The van der Waals surface area contributed by atoms with Crippen molar-refractivity contribution in [2.75, 3.05) is 7.11 Å². The Labute approximate surface area is 96.7 Å². The molecule has 4 nitrogen and oxygen atoms in total. The van der Waals surface area contributed by atoms with Crippen LogP contribution in [0.1, 0.15) is 20.8 Å². The number of sulfonamides is 1. The van der Waals surface area contributed by atoms with Gasteiger partial charge in [0, 0.05) is 5.54 Å². The Morgan fingerprint density at radius 3 is 2.00 bits per heavy atom. The maximum atomic E-state index is 11.9. The summed E-state index contributed by atoms with van der Waals surface area (Å²) in [7, 11) is -1.91. The van der Waals surface area contributed by atoms with E-state index in [-0.39, 0.29) is 4.90 Å². The zero-order chi connectivity index (χ0) is 12.4. The van der Waals surface area contributed by atoms with E-state index < -0.39 is 15.6 Å². The van der Waals surface area contributed by atoms with Gasteiger partial charge < -0.3 is 4.74 Å². The Kier molecular flexibility index (Phi) is 3.60. The lowest BCUT2D eigenvalue weighted by molar-refractivity contribution is 0.414. The third-order valence-corrected chi connectivity index (χ3v) is 3.58. The van der Waals surface area contributed by atoms with E-state index in [1.807, 2.05) is 0 Å². The minimum absolute atomic E-state index is 0.239. The summed E-state index contributed by atoms with van der Waals surface area (Å²) >= 11 is 0. The zero-order valence-corrected chi connectivity index (χ0v) is 10.8. The summed E-state index contributed by atoms with van der Waals surface area (Å²) < 4.78 is 31.3. The average molecular weight is 243 g/mol. The Bertz CT molecular complexity index is 443. The molecule has 0 unspecified atom stereocenters. The third kappa shape index (κ3) is 3.50. The summed E-state index contributed by atoms with van der Waals surface area (Å²) in [4.78, 5) is 0.239. The number of rotatable bonds is 3. The van der Waals surface area contributed by atoms with Crippen LogP contribution in [0.5, 0.6) is 5.75 Å². The number of hydrogen-bond donors (Lipinski definition) is 1. The van der Waals surface area contributed by atoms with Crippen molar-refractivity contribution in [3.05, 3.63) is 24.3 Å². The normalized spacial score (nSPS) is 12.5. The molecule has 0 aliphatic rings. The van der Waals surface area contributed by atoms with Gasteiger partial charge in [0.05, 0.1) is 12.0 Å². The molecule has 1 aromatic carbocycles. The summed E-state index contributed by atoms with van der Waals surface area (Å²) in [6.07, 6.45) is 0. The van der Waals surface area contributed by atoms with Gasteiger partial charge in [0.2, 0.25) is 10.0 Å². The van der Waals surface area contributed by atoms with E-state index >= 15 is 0 Å². The van der Waals surface area contributed by atoms with Crippen molar-refractivity contribution < 1.29 is 13.2 Å². The predicted octanol–water partition coefficient (Wildman–Crippen LogP) is 1.77. The molecule has 0 aliphatic carbocycles. The first-order valence-corrected chi connectivity index (χ1v) is 6.41. The van der Waals surface area contributed by atoms with Crippen molar-refractivity contribution >= 4 is 10.0 Å². The quantitative estimate of drug-likeness (QED) is 0.880. The number of benzene rings is 1.